The van der Waals surface area contributed by atoms with Gasteiger partial charge in [0.25, 0.3) is 0 Å². The maximum Gasteiger partial charge on any atom is 0.0455 e. The van der Waals surface area contributed by atoms with Crippen molar-refractivity contribution in [1.82, 2.24) is 5.73 Å². The molecule has 0 aliphatic carbocycles. The standard InChI is InChI=1S/C29H57N/c1-2-3-4-5-6-7-8-9-10-11-12-13-14-15-16-17-18-19-20-21-22-23-24-25-26-27-28-29-30/h28-29H,2-27H2,1H3/b29-28+. The minimum atomic E-state index is 1.04. The Morgan fingerprint density at radius 3 is 0.833 bits per heavy atom. The van der Waals surface area contributed by atoms with E-state index in [1.54, 1.807) is 0 Å². The largest absolute Gasteiger partial charge is 0.160 e. The highest BCUT2D eigenvalue weighted by atomic mass is 14.5. The molecular formula is C29H57N. The van der Waals surface area contributed by atoms with E-state index in [-0.39, 0.29) is 0 Å². The van der Waals surface area contributed by atoms with E-state index >= 15 is 0 Å². The van der Waals surface area contributed by atoms with E-state index in [4.69, 9.17) is 5.73 Å². The number of hydrogen-bond donors (Lipinski definition) is 0. The lowest BCUT2D eigenvalue weighted by Crippen LogP contribution is -1.84. The molecule has 0 saturated heterocycles. The molecule has 1 heteroatoms. The Morgan fingerprint density at radius 2 is 0.600 bits per heavy atom. The topological polar surface area (TPSA) is 22.3 Å². The van der Waals surface area contributed by atoms with Gasteiger partial charge in [-0.1, -0.05) is 167 Å². The number of hydrogen-bond acceptors (Lipinski definition) is 0. The lowest BCUT2D eigenvalue weighted by atomic mass is 10.0. The van der Waals surface area contributed by atoms with Crippen molar-refractivity contribution >= 4 is 0 Å². The summed E-state index contributed by atoms with van der Waals surface area (Å²) in [5.41, 5.74) is 8.57. The molecule has 0 aliphatic rings. The van der Waals surface area contributed by atoms with Crippen molar-refractivity contribution in [2.45, 2.75) is 174 Å². The zero-order valence-corrected chi connectivity index (χ0v) is 21.0. The molecule has 1 nitrogen and oxygen atoms in total. The Balaban J connectivity index is 2.99. The fourth-order valence-corrected chi connectivity index (χ4v) is 4.48. The van der Waals surface area contributed by atoms with Crippen molar-refractivity contribution < 1.29 is 0 Å². The molecule has 0 aromatic carbocycles. The fraction of sp³-hybridized carbons (Fsp3) is 0.931. The van der Waals surface area contributed by atoms with E-state index < -0.39 is 0 Å². The molecule has 2 radical (unpaired) electrons. The molecular weight excluding hydrogens is 362 g/mol. The average Bonchev–Trinajstić information content (AvgIpc) is 2.76. The summed E-state index contributed by atoms with van der Waals surface area (Å²) in [5.74, 6) is 0. The molecule has 0 N–H and O–H groups in total. The summed E-state index contributed by atoms with van der Waals surface area (Å²) in [4.78, 5) is 0. The van der Waals surface area contributed by atoms with Gasteiger partial charge in [0.15, 0.2) is 0 Å². The molecule has 0 fully saturated rings. The van der Waals surface area contributed by atoms with E-state index in [0.29, 0.717) is 0 Å². The van der Waals surface area contributed by atoms with Crippen LogP contribution in [0.15, 0.2) is 12.3 Å². The molecule has 0 spiro atoms. The van der Waals surface area contributed by atoms with Gasteiger partial charge in [0, 0.05) is 6.20 Å². The Labute approximate surface area is 192 Å². The molecule has 0 saturated carbocycles. The lowest BCUT2D eigenvalue weighted by molar-refractivity contribution is 0.516. The van der Waals surface area contributed by atoms with Crippen LogP contribution in [0.5, 0.6) is 0 Å². The highest BCUT2D eigenvalue weighted by molar-refractivity contribution is 4.74. The third kappa shape index (κ3) is 27.5. The maximum absolute atomic E-state index is 8.57. The zero-order chi connectivity index (χ0) is 21.8. The van der Waals surface area contributed by atoms with E-state index in [2.05, 4.69) is 6.92 Å². The number of unbranched alkanes of at least 4 members (excludes halogenated alkanes) is 25. The van der Waals surface area contributed by atoms with Gasteiger partial charge in [-0.05, 0) is 12.8 Å². The van der Waals surface area contributed by atoms with Crippen molar-refractivity contribution in [3.05, 3.63) is 12.3 Å². The zero-order valence-electron chi connectivity index (χ0n) is 21.0. The Morgan fingerprint density at radius 1 is 0.367 bits per heavy atom. The molecule has 0 rings (SSSR count). The van der Waals surface area contributed by atoms with Crippen LogP contribution in [0, 0.1) is 0 Å². The maximum atomic E-state index is 8.57. The van der Waals surface area contributed by atoms with Crippen molar-refractivity contribution in [3.8, 4) is 0 Å². The summed E-state index contributed by atoms with van der Waals surface area (Å²) in [5, 5.41) is 0. The molecule has 0 aliphatic heterocycles. The molecule has 0 atom stereocenters. The number of nitrogens with zero attached hydrogens (tertiary/aromatic N) is 1. The van der Waals surface area contributed by atoms with E-state index in [1.165, 1.54) is 167 Å². The van der Waals surface area contributed by atoms with Crippen LogP contribution in [-0.2, 0) is 0 Å². The first-order chi connectivity index (χ1) is 14.9. The molecule has 0 amide bonds. The van der Waals surface area contributed by atoms with Crippen molar-refractivity contribution in [1.29, 1.82) is 0 Å². The minimum absolute atomic E-state index is 1.04. The van der Waals surface area contributed by atoms with Gasteiger partial charge >= 0.3 is 0 Å². The van der Waals surface area contributed by atoms with Crippen molar-refractivity contribution in [2.75, 3.05) is 0 Å². The molecule has 30 heavy (non-hydrogen) atoms. The number of allylic oxidation sites excluding steroid dienone is 1. The van der Waals surface area contributed by atoms with Gasteiger partial charge in [-0.2, -0.15) is 5.73 Å². The third-order valence-electron chi connectivity index (χ3n) is 6.58. The van der Waals surface area contributed by atoms with Gasteiger partial charge in [-0.25, -0.2) is 0 Å². The molecule has 0 aromatic rings. The van der Waals surface area contributed by atoms with Gasteiger partial charge in [0.05, 0.1) is 0 Å². The Kier molecular flexibility index (Phi) is 28.1. The first-order valence-corrected chi connectivity index (χ1v) is 14.2. The van der Waals surface area contributed by atoms with Crippen LogP contribution >= 0.6 is 0 Å². The first-order valence-electron chi connectivity index (χ1n) is 14.2. The SMILES string of the molecule is CCCCCCCCCCCCCCCCCCCCCCCCCCC/C=C/[N]. The fourth-order valence-electron chi connectivity index (χ4n) is 4.48. The summed E-state index contributed by atoms with van der Waals surface area (Å²) in [7, 11) is 0. The summed E-state index contributed by atoms with van der Waals surface area (Å²) in [6, 6.07) is 0. The van der Waals surface area contributed by atoms with Crippen LogP contribution in [0.25, 0.3) is 0 Å². The Hall–Kier alpha value is -0.460. The molecule has 0 aromatic heterocycles. The summed E-state index contributed by atoms with van der Waals surface area (Å²) < 4.78 is 0. The Bertz CT molecular complexity index is 309. The molecule has 178 valence electrons. The summed E-state index contributed by atoms with van der Waals surface area (Å²) in [6.07, 6.45) is 40.1. The van der Waals surface area contributed by atoms with E-state index in [9.17, 15) is 0 Å². The van der Waals surface area contributed by atoms with Crippen LogP contribution in [-0.4, -0.2) is 0 Å². The summed E-state index contributed by atoms with van der Waals surface area (Å²) >= 11 is 0. The van der Waals surface area contributed by atoms with Gasteiger partial charge < -0.3 is 0 Å². The monoisotopic (exact) mass is 419 g/mol. The van der Waals surface area contributed by atoms with Crippen molar-refractivity contribution in [2.24, 2.45) is 0 Å². The van der Waals surface area contributed by atoms with Gasteiger partial charge in [-0.15, -0.1) is 0 Å². The highest BCUT2D eigenvalue weighted by Crippen LogP contribution is 2.15. The lowest BCUT2D eigenvalue weighted by Gasteiger charge is -2.04. The highest BCUT2D eigenvalue weighted by Gasteiger charge is 1.96. The van der Waals surface area contributed by atoms with E-state index in [0.717, 1.165) is 6.42 Å². The van der Waals surface area contributed by atoms with Gasteiger partial charge in [-0.3, -0.25) is 0 Å². The normalized spacial score (nSPS) is 11.6. The number of rotatable bonds is 26. The predicted molar refractivity (Wildman–Crippen MR) is 137 cm³/mol. The summed E-state index contributed by atoms with van der Waals surface area (Å²) in [6.45, 7) is 2.30. The third-order valence-corrected chi connectivity index (χ3v) is 6.58. The first kappa shape index (κ1) is 29.5. The smallest absolute Gasteiger partial charge is 0.0455 e. The second kappa shape index (κ2) is 28.5. The predicted octanol–water partition coefficient (Wildman–Crippen LogP) is 10.7. The van der Waals surface area contributed by atoms with Crippen molar-refractivity contribution in [3.63, 3.8) is 0 Å². The van der Waals surface area contributed by atoms with Crippen LogP contribution in [0.2, 0.25) is 0 Å². The molecule has 0 unspecified atom stereocenters. The van der Waals surface area contributed by atoms with Gasteiger partial charge in [0.1, 0.15) is 0 Å². The second-order valence-electron chi connectivity index (χ2n) is 9.66. The average molecular weight is 420 g/mol. The molecule has 0 bridgehead atoms. The molecule has 0 heterocycles. The van der Waals surface area contributed by atoms with Gasteiger partial charge in [0.2, 0.25) is 0 Å². The second-order valence-corrected chi connectivity index (χ2v) is 9.66. The quantitative estimate of drug-likeness (QED) is 0.124. The van der Waals surface area contributed by atoms with E-state index in [1.807, 2.05) is 6.08 Å². The van der Waals surface area contributed by atoms with Crippen LogP contribution in [0.4, 0.5) is 0 Å². The van der Waals surface area contributed by atoms with Crippen LogP contribution < -0.4 is 5.73 Å². The van der Waals surface area contributed by atoms with Crippen LogP contribution in [0.3, 0.4) is 0 Å². The minimum Gasteiger partial charge on any atom is -0.160 e. The van der Waals surface area contributed by atoms with Crippen LogP contribution in [0.1, 0.15) is 174 Å².